The van der Waals surface area contributed by atoms with Crippen LogP contribution in [0.1, 0.15) is 45.5 Å². The third-order valence-corrected chi connectivity index (χ3v) is 9.44. The van der Waals surface area contributed by atoms with Crippen molar-refractivity contribution in [3.63, 3.8) is 0 Å². The van der Waals surface area contributed by atoms with E-state index in [-0.39, 0.29) is 17.8 Å². The van der Waals surface area contributed by atoms with Crippen molar-refractivity contribution in [3.8, 4) is 46.0 Å². The van der Waals surface area contributed by atoms with E-state index in [1.54, 1.807) is 21.3 Å². The van der Waals surface area contributed by atoms with Crippen LogP contribution in [-0.4, -0.2) is 52.0 Å². The first-order chi connectivity index (χ1) is 21.9. The van der Waals surface area contributed by atoms with Crippen LogP contribution in [0.15, 0.2) is 66.9 Å². The number of fused-ring (bicyclic) bond motifs is 2. The highest BCUT2D eigenvalue weighted by molar-refractivity contribution is 5.69. The maximum Gasteiger partial charge on any atom is 0.202 e. The Morgan fingerprint density at radius 1 is 0.822 bits per heavy atom. The summed E-state index contributed by atoms with van der Waals surface area (Å²) >= 11 is 0. The summed E-state index contributed by atoms with van der Waals surface area (Å²) in [7, 11) is 9.15. The van der Waals surface area contributed by atoms with Crippen molar-refractivity contribution in [2.24, 2.45) is 0 Å². The fraction of sp³-hybridized carbons (Fsp3) is 0.297. The lowest BCUT2D eigenvalue weighted by Crippen LogP contribution is -3.05. The third-order valence-electron chi connectivity index (χ3n) is 9.44. The van der Waals surface area contributed by atoms with Crippen molar-refractivity contribution in [2.75, 3.05) is 42.0 Å². The van der Waals surface area contributed by atoms with E-state index in [1.165, 1.54) is 16.7 Å². The first kappa shape index (κ1) is 29.1. The molecule has 232 valence electrons. The van der Waals surface area contributed by atoms with Crippen LogP contribution in [0.5, 0.6) is 46.0 Å². The van der Waals surface area contributed by atoms with Gasteiger partial charge in [-0.2, -0.15) is 0 Å². The minimum Gasteiger partial charge on any atom is -0.502 e. The Kier molecular flexibility index (Phi) is 7.55. The average Bonchev–Trinajstić information content (AvgIpc) is 3.05. The predicted molar refractivity (Wildman–Crippen MR) is 172 cm³/mol. The summed E-state index contributed by atoms with van der Waals surface area (Å²) in [5.41, 5.74) is 6.53. The molecule has 2 unspecified atom stereocenters. The van der Waals surface area contributed by atoms with Crippen LogP contribution in [0, 0.1) is 0 Å². The van der Waals surface area contributed by atoms with Gasteiger partial charge in [-0.25, -0.2) is 0 Å². The van der Waals surface area contributed by atoms with E-state index in [9.17, 15) is 5.11 Å². The molecule has 4 aliphatic heterocycles. The van der Waals surface area contributed by atoms with Crippen molar-refractivity contribution in [3.05, 3.63) is 100 Å². The molecule has 8 heteroatoms. The molecular formula is C37H39N2O6+. The molecule has 8 nitrogen and oxygen atoms in total. The highest BCUT2D eigenvalue weighted by atomic mass is 16.5. The Morgan fingerprint density at radius 3 is 2.31 bits per heavy atom. The minimum absolute atomic E-state index is 0.0366. The molecule has 0 aliphatic carbocycles. The van der Waals surface area contributed by atoms with Gasteiger partial charge in [-0.1, -0.05) is 18.2 Å². The zero-order valence-electron chi connectivity index (χ0n) is 26.3. The molecule has 4 aliphatic rings. The molecule has 2 N–H and O–H groups in total. The number of benzene rings is 4. The first-order valence-electron chi connectivity index (χ1n) is 15.3. The van der Waals surface area contributed by atoms with E-state index in [0.717, 1.165) is 46.7 Å². The van der Waals surface area contributed by atoms with Gasteiger partial charge in [0.2, 0.25) is 5.75 Å². The van der Waals surface area contributed by atoms with Crippen LogP contribution in [0.2, 0.25) is 0 Å². The molecule has 8 rings (SSSR count). The number of hydrogen-bond donors (Lipinski definition) is 2. The van der Waals surface area contributed by atoms with Crippen molar-refractivity contribution in [2.45, 2.75) is 31.3 Å². The maximum atomic E-state index is 11.6. The Morgan fingerprint density at radius 2 is 1.56 bits per heavy atom. The highest BCUT2D eigenvalue weighted by Crippen LogP contribution is 2.49. The standard InChI is InChI=1S/C37H38N2O6/c1-38-14-12-24-19-31(42-4)33-21-27(24)28(38)16-22-6-9-26(10-7-22)44-32-18-23(8-11-30(32)41-3)17-29-35-25(13-15-39(29)2)20-34(43-5)36(40)37(35)45-33/h6-11,13,15,18-21,28-29,40H,12,14,16-17H2,1-5H3/p+1/t28-,29?/m0/s1. The predicted octanol–water partition coefficient (Wildman–Crippen LogP) is 5.87. The van der Waals surface area contributed by atoms with Crippen LogP contribution in [0.25, 0.3) is 6.08 Å². The van der Waals surface area contributed by atoms with Gasteiger partial charge >= 0.3 is 0 Å². The normalized spacial score (nSPS) is 20.2. The average molecular weight is 608 g/mol. The quantitative estimate of drug-likeness (QED) is 0.302. The number of quaternary nitrogens is 1. The van der Waals surface area contributed by atoms with Gasteiger partial charge in [0.1, 0.15) is 11.8 Å². The summed E-state index contributed by atoms with van der Waals surface area (Å²) in [5, 5.41) is 11.6. The largest absolute Gasteiger partial charge is 0.502 e. The molecule has 0 saturated carbocycles. The fourth-order valence-electron chi connectivity index (χ4n) is 6.90. The molecule has 4 aromatic carbocycles. The number of phenols is 1. The van der Waals surface area contributed by atoms with E-state index < -0.39 is 0 Å². The zero-order chi connectivity index (χ0) is 31.2. The molecule has 4 heterocycles. The number of hydrogen-bond acceptors (Lipinski definition) is 7. The Bertz CT molecular complexity index is 1780. The summed E-state index contributed by atoms with van der Waals surface area (Å²) in [6.07, 6.45) is 6.56. The minimum atomic E-state index is -0.0845. The lowest BCUT2D eigenvalue weighted by atomic mass is 9.88. The highest BCUT2D eigenvalue weighted by Gasteiger charge is 2.35. The fourth-order valence-corrected chi connectivity index (χ4v) is 6.90. The zero-order valence-corrected chi connectivity index (χ0v) is 26.3. The SMILES string of the molecule is COc1ccc2cc1Oc1ccc(cc1)C[C@H]1c3cc(c(OC)cc3CCN1C)Oc1c(O)c(OC)cc3c1C(C2)[NH+](C)C=C3. The van der Waals surface area contributed by atoms with E-state index in [2.05, 4.69) is 61.6 Å². The number of likely N-dealkylation sites (N-methyl/N-ethyl adjacent to an activating group) is 2. The van der Waals surface area contributed by atoms with E-state index in [1.807, 2.05) is 30.3 Å². The topological polar surface area (TPSA) is 74.1 Å². The van der Waals surface area contributed by atoms with Crippen LogP contribution < -0.4 is 28.6 Å². The Labute approximate surface area is 264 Å². The van der Waals surface area contributed by atoms with Crippen LogP contribution in [0.3, 0.4) is 0 Å². The molecule has 0 radical (unpaired) electrons. The molecule has 0 amide bonds. The number of nitrogens with one attached hydrogen (secondary N) is 1. The lowest BCUT2D eigenvalue weighted by Gasteiger charge is -2.35. The number of aromatic hydroxyl groups is 1. The first-order valence-corrected chi connectivity index (χ1v) is 15.3. The summed E-state index contributed by atoms with van der Waals surface area (Å²) < 4.78 is 30.4. The molecule has 45 heavy (non-hydrogen) atoms. The van der Waals surface area contributed by atoms with Crippen molar-refractivity contribution >= 4 is 6.08 Å². The smallest absolute Gasteiger partial charge is 0.202 e. The summed E-state index contributed by atoms with van der Waals surface area (Å²) in [4.78, 5) is 3.54. The van der Waals surface area contributed by atoms with Crippen molar-refractivity contribution in [1.82, 2.24) is 4.90 Å². The number of rotatable bonds is 3. The Balaban J connectivity index is 1.46. The van der Waals surface area contributed by atoms with Crippen LogP contribution in [-0.2, 0) is 19.3 Å². The van der Waals surface area contributed by atoms with Gasteiger partial charge in [0, 0.05) is 19.0 Å². The summed E-state index contributed by atoms with van der Waals surface area (Å²) in [6.45, 7) is 0.936. The van der Waals surface area contributed by atoms with Gasteiger partial charge in [-0.15, -0.1) is 0 Å². The Hall–Kier alpha value is -4.66. The summed E-state index contributed by atoms with van der Waals surface area (Å²) in [6, 6.07) is 20.5. The number of nitrogens with zero attached hydrogens (tertiary/aromatic N) is 1. The third kappa shape index (κ3) is 5.24. The van der Waals surface area contributed by atoms with Gasteiger partial charge in [-0.05, 0) is 96.2 Å². The van der Waals surface area contributed by atoms with Gasteiger partial charge in [0.05, 0.1) is 40.1 Å². The second kappa shape index (κ2) is 11.7. The maximum absolute atomic E-state index is 11.6. The van der Waals surface area contributed by atoms with Gasteiger partial charge in [-0.3, -0.25) is 4.90 Å². The van der Waals surface area contributed by atoms with E-state index in [0.29, 0.717) is 40.9 Å². The molecule has 4 aromatic rings. The van der Waals surface area contributed by atoms with Crippen molar-refractivity contribution in [1.29, 1.82) is 0 Å². The second-order valence-corrected chi connectivity index (χ2v) is 12.1. The second-order valence-electron chi connectivity index (χ2n) is 12.1. The molecule has 3 atom stereocenters. The lowest BCUT2D eigenvalue weighted by molar-refractivity contribution is -0.860. The molecule has 0 aromatic heterocycles. The van der Waals surface area contributed by atoms with E-state index >= 15 is 0 Å². The van der Waals surface area contributed by atoms with Crippen LogP contribution >= 0.6 is 0 Å². The van der Waals surface area contributed by atoms with Gasteiger partial charge < -0.3 is 33.7 Å². The number of ether oxygens (including phenoxy) is 5. The van der Waals surface area contributed by atoms with E-state index in [4.69, 9.17) is 23.7 Å². The molecular weight excluding hydrogens is 568 g/mol. The van der Waals surface area contributed by atoms with Crippen molar-refractivity contribution < 1.29 is 33.7 Å². The molecule has 6 bridgehead atoms. The molecule has 0 fully saturated rings. The van der Waals surface area contributed by atoms with Crippen LogP contribution in [0.4, 0.5) is 0 Å². The van der Waals surface area contributed by atoms with Gasteiger partial charge in [0.15, 0.2) is 34.5 Å². The summed E-state index contributed by atoms with van der Waals surface area (Å²) in [5.74, 6) is 3.95. The number of phenolic OH excluding ortho intramolecular Hbond substituents is 1. The monoisotopic (exact) mass is 607 g/mol. The number of methoxy groups -OCH3 is 3. The van der Waals surface area contributed by atoms with Gasteiger partial charge in [0.25, 0.3) is 0 Å². The molecule has 0 spiro atoms. The molecule has 0 saturated heterocycles.